The fourth-order valence-electron chi connectivity index (χ4n) is 4.09. The summed E-state index contributed by atoms with van der Waals surface area (Å²) in [6.07, 6.45) is 2.30. The normalized spacial score (nSPS) is 13.3. The zero-order valence-electron chi connectivity index (χ0n) is 20.8. The standard InChI is InChI=1S/C28H23N5O5S/c1-2-16(15-29)18-5-3-6-19(13-18)27(35)30-20-7-4-8-21(14-20)38-23-12-11-22-25(24(23)33(36)37)39-28(31-22)32-26(34)17-9-10-17/h3-8,11-14,16-17H,2,9-10H2,1H3,(H,30,35)(H,31,32,34). The van der Waals surface area contributed by atoms with E-state index in [0.717, 1.165) is 29.7 Å². The van der Waals surface area contributed by atoms with E-state index in [4.69, 9.17) is 4.74 Å². The lowest BCUT2D eigenvalue weighted by molar-refractivity contribution is -0.383. The molecule has 5 rings (SSSR count). The zero-order valence-corrected chi connectivity index (χ0v) is 21.7. The largest absolute Gasteiger partial charge is 0.450 e. The molecule has 1 atom stereocenters. The van der Waals surface area contributed by atoms with E-state index >= 15 is 0 Å². The van der Waals surface area contributed by atoms with Crippen LogP contribution in [-0.4, -0.2) is 21.7 Å². The van der Waals surface area contributed by atoms with Crippen LogP contribution in [0.5, 0.6) is 11.5 Å². The van der Waals surface area contributed by atoms with Gasteiger partial charge in [-0.2, -0.15) is 5.26 Å². The Hall–Kier alpha value is -4.82. The molecular formula is C28H23N5O5S. The molecule has 0 radical (unpaired) electrons. The third kappa shape index (κ3) is 5.71. The zero-order chi connectivity index (χ0) is 27.5. The van der Waals surface area contributed by atoms with Crippen molar-refractivity contribution in [2.24, 2.45) is 5.92 Å². The van der Waals surface area contributed by atoms with Crippen LogP contribution < -0.4 is 15.4 Å². The fourth-order valence-corrected chi connectivity index (χ4v) is 5.07. The Morgan fingerprint density at radius 3 is 2.69 bits per heavy atom. The van der Waals surface area contributed by atoms with Gasteiger partial charge in [-0.25, -0.2) is 4.98 Å². The van der Waals surface area contributed by atoms with E-state index in [1.165, 1.54) is 6.07 Å². The van der Waals surface area contributed by atoms with Crippen LogP contribution in [0.3, 0.4) is 0 Å². The quantitative estimate of drug-likeness (QED) is 0.179. The van der Waals surface area contributed by atoms with Gasteiger partial charge in [0.05, 0.1) is 22.4 Å². The molecule has 1 unspecified atom stereocenters. The number of anilines is 2. The second-order valence-electron chi connectivity index (χ2n) is 9.10. The van der Waals surface area contributed by atoms with Crippen molar-refractivity contribution in [3.05, 3.63) is 81.9 Å². The van der Waals surface area contributed by atoms with Crippen molar-refractivity contribution in [1.82, 2.24) is 4.98 Å². The number of carbonyl (C=O) groups excluding carboxylic acids is 2. The average Bonchev–Trinajstić information content (AvgIpc) is 3.70. The third-order valence-corrected chi connectivity index (χ3v) is 7.28. The van der Waals surface area contributed by atoms with Crippen LogP contribution in [-0.2, 0) is 4.79 Å². The van der Waals surface area contributed by atoms with Crippen LogP contribution in [0.15, 0.2) is 60.7 Å². The molecule has 1 aromatic heterocycles. The lowest BCUT2D eigenvalue weighted by atomic mass is 9.96. The van der Waals surface area contributed by atoms with Crippen LogP contribution >= 0.6 is 11.3 Å². The summed E-state index contributed by atoms with van der Waals surface area (Å²) in [7, 11) is 0. The number of aromatic nitrogens is 1. The van der Waals surface area contributed by atoms with Crippen LogP contribution in [0.4, 0.5) is 16.5 Å². The molecule has 1 fully saturated rings. The van der Waals surface area contributed by atoms with Crippen molar-refractivity contribution in [2.75, 3.05) is 10.6 Å². The number of benzene rings is 3. The van der Waals surface area contributed by atoms with E-state index in [-0.39, 0.29) is 45.5 Å². The first-order chi connectivity index (χ1) is 18.9. The maximum atomic E-state index is 12.9. The second kappa shape index (κ2) is 10.9. The first-order valence-corrected chi connectivity index (χ1v) is 13.2. The summed E-state index contributed by atoms with van der Waals surface area (Å²) >= 11 is 1.02. The number of hydrogen-bond donors (Lipinski definition) is 2. The van der Waals surface area contributed by atoms with Gasteiger partial charge in [0.15, 0.2) is 5.13 Å². The number of amides is 2. The predicted molar refractivity (Wildman–Crippen MR) is 147 cm³/mol. The van der Waals surface area contributed by atoms with Crippen molar-refractivity contribution in [2.45, 2.75) is 32.1 Å². The van der Waals surface area contributed by atoms with Crippen molar-refractivity contribution < 1.29 is 19.2 Å². The summed E-state index contributed by atoms with van der Waals surface area (Å²) in [5, 5.41) is 27.2. The Morgan fingerprint density at radius 2 is 1.97 bits per heavy atom. The molecule has 2 N–H and O–H groups in total. The van der Waals surface area contributed by atoms with Gasteiger partial charge in [0.1, 0.15) is 10.4 Å². The number of carbonyl (C=O) groups is 2. The molecule has 0 spiro atoms. The molecule has 1 aliphatic rings. The molecular weight excluding hydrogens is 518 g/mol. The second-order valence-corrected chi connectivity index (χ2v) is 10.1. The molecule has 0 saturated heterocycles. The highest BCUT2D eigenvalue weighted by atomic mass is 32.1. The Labute approximate surface area is 227 Å². The highest BCUT2D eigenvalue weighted by Crippen LogP contribution is 2.42. The number of nitrogens with zero attached hydrogens (tertiary/aromatic N) is 3. The number of nitro groups is 1. The highest BCUT2D eigenvalue weighted by Gasteiger charge is 2.31. The molecule has 2 amide bonds. The van der Waals surface area contributed by atoms with Gasteiger partial charge in [0, 0.05) is 23.2 Å². The van der Waals surface area contributed by atoms with Crippen molar-refractivity contribution in [3.8, 4) is 17.6 Å². The number of ether oxygens (including phenoxy) is 1. The first kappa shape index (κ1) is 25.8. The van der Waals surface area contributed by atoms with Gasteiger partial charge in [-0.15, -0.1) is 0 Å². The minimum atomic E-state index is -0.536. The Morgan fingerprint density at radius 1 is 1.18 bits per heavy atom. The molecule has 39 heavy (non-hydrogen) atoms. The van der Waals surface area contributed by atoms with Crippen molar-refractivity contribution >= 4 is 49.9 Å². The number of nitrogens with one attached hydrogen (secondary N) is 2. The van der Waals surface area contributed by atoms with E-state index in [2.05, 4.69) is 21.7 Å². The summed E-state index contributed by atoms with van der Waals surface area (Å²) in [6, 6.07) is 18.7. The molecule has 1 saturated carbocycles. The van der Waals surface area contributed by atoms with E-state index in [9.17, 15) is 25.0 Å². The van der Waals surface area contributed by atoms with Crippen LogP contribution in [0.25, 0.3) is 10.2 Å². The summed E-state index contributed by atoms with van der Waals surface area (Å²) in [4.78, 5) is 40.8. The van der Waals surface area contributed by atoms with Gasteiger partial charge in [-0.05, 0) is 61.2 Å². The van der Waals surface area contributed by atoms with Gasteiger partial charge in [0.2, 0.25) is 11.7 Å². The van der Waals surface area contributed by atoms with Gasteiger partial charge in [-0.3, -0.25) is 19.7 Å². The number of nitriles is 1. The predicted octanol–water partition coefficient (Wildman–Crippen LogP) is 6.61. The lowest BCUT2D eigenvalue weighted by Gasteiger charge is -2.11. The van der Waals surface area contributed by atoms with Crippen LogP contribution in [0.2, 0.25) is 0 Å². The van der Waals surface area contributed by atoms with Gasteiger partial charge >= 0.3 is 5.69 Å². The summed E-state index contributed by atoms with van der Waals surface area (Å²) in [5.74, 6) is -0.519. The summed E-state index contributed by atoms with van der Waals surface area (Å²) in [5.41, 5.74) is 1.73. The number of hydrogen-bond acceptors (Lipinski definition) is 8. The van der Waals surface area contributed by atoms with Crippen molar-refractivity contribution in [1.29, 1.82) is 5.26 Å². The average molecular weight is 542 g/mol. The number of thiazole rings is 1. The fraction of sp³-hybridized carbons (Fsp3) is 0.214. The first-order valence-electron chi connectivity index (χ1n) is 12.3. The van der Waals surface area contributed by atoms with E-state index in [1.807, 2.05) is 13.0 Å². The summed E-state index contributed by atoms with van der Waals surface area (Å²) in [6.45, 7) is 1.91. The molecule has 0 aliphatic heterocycles. The van der Waals surface area contributed by atoms with Crippen LogP contribution in [0, 0.1) is 27.4 Å². The Kier molecular flexibility index (Phi) is 7.21. The topological polar surface area (TPSA) is 147 Å². The minimum Gasteiger partial charge on any atom is -0.450 e. The van der Waals surface area contributed by atoms with E-state index < -0.39 is 4.92 Å². The lowest BCUT2D eigenvalue weighted by Crippen LogP contribution is -2.12. The molecule has 196 valence electrons. The maximum Gasteiger partial charge on any atom is 0.330 e. The van der Waals surface area contributed by atoms with E-state index in [1.54, 1.807) is 48.5 Å². The molecule has 3 aromatic carbocycles. The van der Waals surface area contributed by atoms with E-state index in [0.29, 0.717) is 28.3 Å². The SMILES string of the molecule is CCC(C#N)c1cccc(C(=O)Nc2cccc(Oc3ccc4nc(NC(=O)C5CC5)sc4c3[N+](=O)[O-])c2)c1. The summed E-state index contributed by atoms with van der Waals surface area (Å²) < 4.78 is 6.18. The van der Waals surface area contributed by atoms with Gasteiger partial charge in [-0.1, -0.05) is 36.5 Å². The Balaban J connectivity index is 1.36. The smallest absolute Gasteiger partial charge is 0.330 e. The number of nitro benzene ring substituents is 1. The monoisotopic (exact) mass is 541 g/mol. The minimum absolute atomic E-state index is 0.00880. The molecule has 1 heterocycles. The molecule has 1 aliphatic carbocycles. The molecule has 10 nitrogen and oxygen atoms in total. The van der Waals surface area contributed by atoms with Crippen molar-refractivity contribution in [3.63, 3.8) is 0 Å². The van der Waals surface area contributed by atoms with Gasteiger partial charge in [0.25, 0.3) is 5.91 Å². The molecule has 0 bridgehead atoms. The number of fused-ring (bicyclic) bond motifs is 1. The van der Waals surface area contributed by atoms with Crippen LogP contribution in [0.1, 0.15) is 48.0 Å². The van der Waals surface area contributed by atoms with Gasteiger partial charge < -0.3 is 15.4 Å². The third-order valence-electron chi connectivity index (χ3n) is 6.29. The Bertz CT molecular complexity index is 1640. The number of rotatable bonds is 9. The molecule has 11 heteroatoms. The maximum absolute atomic E-state index is 12.9. The highest BCUT2D eigenvalue weighted by molar-refractivity contribution is 7.22. The molecule has 4 aromatic rings.